The maximum absolute atomic E-state index is 5.49. The van der Waals surface area contributed by atoms with E-state index in [0.29, 0.717) is 0 Å². The summed E-state index contributed by atoms with van der Waals surface area (Å²) in [6, 6.07) is 9.46. The standard InChI is InChI=1S/C18H17N4OS/c1-2-4-16-15(3-1)14(11-22(16)21-5-7-23-8-6-21)9-13-10-19-18-17(13)24-12-20-18/h2-4,10-12,19H,5-9H2. The van der Waals surface area contributed by atoms with Crippen LogP contribution in [-0.4, -0.2) is 40.9 Å². The molecule has 0 spiro atoms. The average molecular weight is 337 g/mol. The fourth-order valence-electron chi connectivity index (χ4n) is 3.44. The molecule has 1 N–H and O–H groups in total. The number of nitrogens with one attached hydrogen (secondary N) is 1. The van der Waals surface area contributed by atoms with Gasteiger partial charge in [-0.3, -0.25) is 4.68 Å². The molecule has 6 heteroatoms. The van der Waals surface area contributed by atoms with E-state index in [-0.39, 0.29) is 0 Å². The first kappa shape index (κ1) is 14.1. The number of hydrogen-bond acceptors (Lipinski definition) is 4. The van der Waals surface area contributed by atoms with Crippen LogP contribution in [0.5, 0.6) is 0 Å². The summed E-state index contributed by atoms with van der Waals surface area (Å²) in [6.45, 7) is 3.41. The Kier molecular flexibility index (Phi) is 3.31. The van der Waals surface area contributed by atoms with Crippen molar-refractivity contribution in [3.63, 3.8) is 0 Å². The summed E-state index contributed by atoms with van der Waals surface area (Å²) in [7, 11) is 0. The third kappa shape index (κ3) is 2.22. The molecule has 0 unspecified atom stereocenters. The highest BCUT2D eigenvalue weighted by atomic mass is 32.1. The van der Waals surface area contributed by atoms with Gasteiger partial charge in [0.1, 0.15) is 5.65 Å². The first-order valence-electron chi connectivity index (χ1n) is 8.12. The number of fused-ring (bicyclic) bond motifs is 2. The minimum Gasteiger partial charge on any atom is -0.378 e. The van der Waals surface area contributed by atoms with Crippen molar-refractivity contribution in [3.8, 4) is 0 Å². The van der Waals surface area contributed by atoms with E-state index in [2.05, 4.69) is 50.2 Å². The van der Waals surface area contributed by atoms with Crippen molar-refractivity contribution in [2.75, 3.05) is 31.3 Å². The highest BCUT2D eigenvalue weighted by molar-refractivity contribution is 7.16. The molecule has 4 heterocycles. The zero-order chi connectivity index (χ0) is 15.9. The number of thiazole rings is 1. The van der Waals surface area contributed by atoms with E-state index < -0.39 is 0 Å². The van der Waals surface area contributed by atoms with E-state index in [9.17, 15) is 0 Å². The molecule has 1 fully saturated rings. The minimum atomic E-state index is 0.785. The summed E-state index contributed by atoms with van der Waals surface area (Å²) >= 11 is 1.70. The molecule has 5 rings (SSSR count). The number of aromatic nitrogens is 3. The third-order valence-corrected chi connectivity index (χ3v) is 5.53. The topological polar surface area (TPSA) is 46.1 Å². The van der Waals surface area contributed by atoms with Gasteiger partial charge in [0.15, 0.2) is 0 Å². The largest absolute Gasteiger partial charge is 0.378 e. The SMILES string of the molecule is [c]1ccc2c(c1)c(Cc1c[nH]c3ncsc13)cn2N1CCOCC1. The molecule has 1 saturated heterocycles. The molecule has 0 amide bonds. The van der Waals surface area contributed by atoms with Crippen molar-refractivity contribution in [2.45, 2.75) is 6.42 Å². The first-order chi connectivity index (χ1) is 11.9. The molecule has 5 nitrogen and oxygen atoms in total. The lowest BCUT2D eigenvalue weighted by molar-refractivity contribution is 0.112. The second kappa shape index (κ2) is 5.65. The zero-order valence-corrected chi connectivity index (χ0v) is 14.0. The molecule has 0 bridgehead atoms. The molecule has 1 aliphatic heterocycles. The lowest BCUT2D eigenvalue weighted by atomic mass is 10.1. The minimum absolute atomic E-state index is 0.785. The van der Waals surface area contributed by atoms with Crippen LogP contribution in [0.4, 0.5) is 0 Å². The molecule has 3 aromatic heterocycles. The van der Waals surface area contributed by atoms with Gasteiger partial charge in [-0.05, 0) is 29.3 Å². The lowest BCUT2D eigenvalue weighted by Crippen LogP contribution is -2.43. The first-order valence-corrected chi connectivity index (χ1v) is 9.00. The fraction of sp³-hybridized carbons (Fsp3) is 0.278. The maximum Gasteiger partial charge on any atom is 0.148 e. The average Bonchev–Trinajstić information content (AvgIpc) is 3.32. The smallest absolute Gasteiger partial charge is 0.148 e. The number of hydrogen-bond donors (Lipinski definition) is 1. The molecule has 1 aromatic carbocycles. The van der Waals surface area contributed by atoms with Gasteiger partial charge in [0, 0.05) is 24.2 Å². The molecule has 4 aromatic rings. The summed E-state index contributed by atoms with van der Waals surface area (Å²) in [5, 5.41) is 3.62. The van der Waals surface area contributed by atoms with E-state index in [1.54, 1.807) is 11.3 Å². The Balaban J connectivity index is 1.59. The van der Waals surface area contributed by atoms with Gasteiger partial charge in [-0.1, -0.05) is 6.07 Å². The lowest BCUT2D eigenvalue weighted by Gasteiger charge is -2.30. The molecule has 0 saturated carbocycles. The molecule has 1 aliphatic rings. The number of aromatic amines is 1. The fourth-order valence-corrected chi connectivity index (χ4v) is 4.21. The van der Waals surface area contributed by atoms with E-state index >= 15 is 0 Å². The third-order valence-electron chi connectivity index (χ3n) is 4.63. The van der Waals surface area contributed by atoms with Gasteiger partial charge in [0.05, 0.1) is 42.0 Å². The summed E-state index contributed by atoms with van der Waals surface area (Å²) in [4.78, 5) is 7.62. The summed E-state index contributed by atoms with van der Waals surface area (Å²) in [5.74, 6) is 0. The molecule has 0 aliphatic carbocycles. The number of nitrogens with zero attached hydrogens (tertiary/aromatic N) is 3. The van der Waals surface area contributed by atoms with Crippen LogP contribution in [0.1, 0.15) is 11.1 Å². The van der Waals surface area contributed by atoms with Gasteiger partial charge in [0.2, 0.25) is 0 Å². The van der Waals surface area contributed by atoms with Crippen molar-refractivity contribution in [2.24, 2.45) is 0 Å². The Labute approximate surface area is 143 Å². The molecule has 24 heavy (non-hydrogen) atoms. The van der Waals surface area contributed by atoms with Gasteiger partial charge in [0.25, 0.3) is 0 Å². The number of H-pyrrole nitrogens is 1. The van der Waals surface area contributed by atoms with Crippen molar-refractivity contribution < 1.29 is 4.74 Å². The van der Waals surface area contributed by atoms with E-state index in [1.807, 2.05) is 11.6 Å². The quantitative estimate of drug-likeness (QED) is 0.625. The van der Waals surface area contributed by atoms with Crippen molar-refractivity contribution in [3.05, 3.63) is 53.3 Å². The van der Waals surface area contributed by atoms with Crippen LogP contribution < -0.4 is 5.01 Å². The number of morpholine rings is 1. The normalized spacial score (nSPS) is 15.6. The van der Waals surface area contributed by atoms with E-state index in [0.717, 1.165) is 38.4 Å². The van der Waals surface area contributed by atoms with E-state index in [1.165, 1.54) is 26.7 Å². The van der Waals surface area contributed by atoms with Crippen LogP contribution in [-0.2, 0) is 11.2 Å². The van der Waals surface area contributed by atoms with Gasteiger partial charge in [-0.25, -0.2) is 4.98 Å². The van der Waals surface area contributed by atoms with Gasteiger partial charge >= 0.3 is 0 Å². The molecule has 0 atom stereocenters. The van der Waals surface area contributed by atoms with Gasteiger partial charge in [-0.2, -0.15) is 0 Å². The molecular weight excluding hydrogens is 320 g/mol. The van der Waals surface area contributed by atoms with Gasteiger partial charge in [-0.15, -0.1) is 11.3 Å². The van der Waals surface area contributed by atoms with Gasteiger partial charge < -0.3 is 14.7 Å². The maximum atomic E-state index is 5.49. The summed E-state index contributed by atoms with van der Waals surface area (Å²) < 4.78 is 9.04. The van der Waals surface area contributed by atoms with Crippen molar-refractivity contribution >= 4 is 32.6 Å². The van der Waals surface area contributed by atoms with Crippen molar-refractivity contribution in [1.82, 2.24) is 14.6 Å². The molecule has 121 valence electrons. The Morgan fingerprint density at radius 3 is 3.12 bits per heavy atom. The van der Waals surface area contributed by atoms with Crippen LogP contribution in [0.3, 0.4) is 0 Å². The van der Waals surface area contributed by atoms with Crippen LogP contribution in [0.25, 0.3) is 21.3 Å². The Morgan fingerprint density at radius 1 is 1.29 bits per heavy atom. The van der Waals surface area contributed by atoms with Crippen LogP contribution >= 0.6 is 11.3 Å². The Morgan fingerprint density at radius 2 is 2.21 bits per heavy atom. The second-order valence-electron chi connectivity index (χ2n) is 6.03. The predicted octanol–water partition coefficient (Wildman–Crippen LogP) is 2.94. The number of ether oxygens (including phenoxy) is 1. The summed E-state index contributed by atoms with van der Waals surface area (Å²) in [5.41, 5.74) is 6.75. The van der Waals surface area contributed by atoms with Crippen LogP contribution in [0.2, 0.25) is 0 Å². The Hall–Kier alpha value is -2.31. The molecule has 1 radical (unpaired) electrons. The summed E-state index contributed by atoms with van der Waals surface area (Å²) in [6.07, 6.45) is 5.25. The Bertz CT molecular complexity index is 993. The second-order valence-corrected chi connectivity index (χ2v) is 6.88. The van der Waals surface area contributed by atoms with E-state index in [4.69, 9.17) is 4.74 Å². The van der Waals surface area contributed by atoms with Crippen molar-refractivity contribution in [1.29, 1.82) is 0 Å². The predicted molar refractivity (Wildman–Crippen MR) is 96.3 cm³/mol. The zero-order valence-electron chi connectivity index (χ0n) is 13.2. The highest BCUT2D eigenvalue weighted by Gasteiger charge is 2.17. The molecular formula is C18H17N4OS. The van der Waals surface area contributed by atoms with Crippen LogP contribution in [0.15, 0.2) is 36.1 Å². The number of benzene rings is 1. The van der Waals surface area contributed by atoms with Crippen LogP contribution in [0, 0.1) is 6.07 Å². The monoisotopic (exact) mass is 337 g/mol. The highest BCUT2D eigenvalue weighted by Crippen LogP contribution is 2.28. The number of rotatable bonds is 3.